The molecule has 2 aromatic carbocycles. The number of hydrogen-bond acceptors (Lipinski definition) is 4. The lowest BCUT2D eigenvalue weighted by molar-refractivity contribution is 0.200. The third-order valence-electron chi connectivity index (χ3n) is 5.30. The van der Waals surface area contributed by atoms with Gasteiger partial charge in [0.2, 0.25) is 0 Å². The summed E-state index contributed by atoms with van der Waals surface area (Å²) in [5.74, 6) is 8.73. The molecule has 0 aliphatic heterocycles. The van der Waals surface area contributed by atoms with Gasteiger partial charge in [0.1, 0.15) is 0 Å². The molecule has 0 amide bonds. The van der Waals surface area contributed by atoms with Crippen LogP contribution < -0.4 is 9.47 Å². The SMILES string of the molecule is COc1ccc(C(C#Cc2ccccc2)CC(SC)SC)cc1OC1CCCC1. The Morgan fingerprint density at radius 3 is 2.38 bits per heavy atom. The Morgan fingerprint density at radius 2 is 1.72 bits per heavy atom. The summed E-state index contributed by atoms with van der Waals surface area (Å²) >= 11 is 3.78. The van der Waals surface area contributed by atoms with Gasteiger partial charge >= 0.3 is 0 Å². The van der Waals surface area contributed by atoms with E-state index in [1.165, 1.54) is 18.4 Å². The second-order valence-corrected chi connectivity index (χ2v) is 9.64. The summed E-state index contributed by atoms with van der Waals surface area (Å²) in [4.78, 5) is 0. The van der Waals surface area contributed by atoms with Crippen LogP contribution in [-0.2, 0) is 0 Å². The molecular formula is C25H30O2S2. The van der Waals surface area contributed by atoms with Crippen LogP contribution in [0.5, 0.6) is 11.5 Å². The molecule has 2 nitrogen and oxygen atoms in total. The molecule has 2 aromatic rings. The van der Waals surface area contributed by atoms with Gasteiger partial charge in [0, 0.05) is 11.5 Å². The normalized spacial score (nSPS) is 15.0. The smallest absolute Gasteiger partial charge is 0.161 e. The van der Waals surface area contributed by atoms with Crippen LogP contribution in [0, 0.1) is 11.8 Å². The molecule has 1 fully saturated rings. The van der Waals surface area contributed by atoms with Crippen molar-refractivity contribution >= 4 is 23.5 Å². The highest BCUT2D eigenvalue weighted by Crippen LogP contribution is 2.37. The molecule has 1 atom stereocenters. The predicted molar refractivity (Wildman–Crippen MR) is 127 cm³/mol. The van der Waals surface area contributed by atoms with E-state index >= 15 is 0 Å². The minimum atomic E-state index is 0.150. The van der Waals surface area contributed by atoms with Crippen molar-refractivity contribution in [3.63, 3.8) is 0 Å². The number of ether oxygens (including phenoxy) is 2. The van der Waals surface area contributed by atoms with Crippen LogP contribution >= 0.6 is 23.5 Å². The first-order valence-corrected chi connectivity index (χ1v) is 12.8. The summed E-state index contributed by atoms with van der Waals surface area (Å²) in [6.07, 6.45) is 10.4. The number of methoxy groups -OCH3 is 1. The van der Waals surface area contributed by atoms with Gasteiger partial charge in [0.05, 0.1) is 17.8 Å². The third kappa shape index (κ3) is 6.39. The lowest BCUT2D eigenvalue weighted by atomic mass is 9.96. The first-order valence-electron chi connectivity index (χ1n) is 10.2. The summed E-state index contributed by atoms with van der Waals surface area (Å²) in [5, 5.41) is 0. The monoisotopic (exact) mass is 426 g/mol. The number of benzene rings is 2. The molecule has 154 valence electrons. The Balaban J connectivity index is 1.90. The van der Waals surface area contributed by atoms with E-state index < -0.39 is 0 Å². The molecule has 4 heteroatoms. The zero-order chi connectivity index (χ0) is 20.5. The van der Waals surface area contributed by atoms with E-state index in [2.05, 4.69) is 48.6 Å². The second kappa shape index (κ2) is 11.5. The summed E-state index contributed by atoms with van der Waals surface area (Å²) in [6.45, 7) is 0. The largest absolute Gasteiger partial charge is 0.493 e. The first-order chi connectivity index (χ1) is 14.2. The van der Waals surface area contributed by atoms with E-state index in [0.29, 0.717) is 10.7 Å². The minimum Gasteiger partial charge on any atom is -0.493 e. The molecule has 0 radical (unpaired) electrons. The molecule has 1 unspecified atom stereocenters. The summed E-state index contributed by atoms with van der Waals surface area (Å²) in [6, 6.07) is 16.5. The molecule has 1 saturated carbocycles. The zero-order valence-corrected chi connectivity index (χ0v) is 19.2. The lowest BCUT2D eigenvalue weighted by Gasteiger charge is -2.20. The first kappa shape index (κ1) is 22.0. The predicted octanol–water partition coefficient (Wildman–Crippen LogP) is 6.59. The maximum atomic E-state index is 6.32. The molecule has 0 bridgehead atoms. The van der Waals surface area contributed by atoms with E-state index in [1.807, 2.05) is 47.8 Å². The van der Waals surface area contributed by atoms with Gasteiger partial charge in [-0.1, -0.05) is 36.1 Å². The molecule has 0 aromatic heterocycles. The van der Waals surface area contributed by atoms with E-state index in [9.17, 15) is 0 Å². The van der Waals surface area contributed by atoms with Crippen molar-refractivity contribution < 1.29 is 9.47 Å². The van der Waals surface area contributed by atoms with Crippen LogP contribution in [0.4, 0.5) is 0 Å². The summed E-state index contributed by atoms with van der Waals surface area (Å²) in [5.41, 5.74) is 2.26. The Morgan fingerprint density at radius 1 is 1.00 bits per heavy atom. The van der Waals surface area contributed by atoms with Crippen LogP contribution in [0.25, 0.3) is 0 Å². The number of thioether (sulfide) groups is 2. The van der Waals surface area contributed by atoms with Gasteiger partial charge in [0.15, 0.2) is 11.5 Å². The van der Waals surface area contributed by atoms with Gasteiger partial charge in [0.25, 0.3) is 0 Å². The van der Waals surface area contributed by atoms with Crippen LogP contribution in [0.15, 0.2) is 48.5 Å². The van der Waals surface area contributed by atoms with Crippen LogP contribution in [-0.4, -0.2) is 30.3 Å². The maximum Gasteiger partial charge on any atom is 0.161 e. The minimum absolute atomic E-state index is 0.150. The molecule has 29 heavy (non-hydrogen) atoms. The van der Waals surface area contributed by atoms with Gasteiger partial charge in [-0.3, -0.25) is 0 Å². The molecule has 0 N–H and O–H groups in total. The van der Waals surface area contributed by atoms with Crippen molar-refractivity contribution in [2.24, 2.45) is 0 Å². The fourth-order valence-electron chi connectivity index (χ4n) is 3.64. The van der Waals surface area contributed by atoms with Crippen LogP contribution in [0.3, 0.4) is 0 Å². The number of rotatable bonds is 8. The molecule has 1 aliphatic rings. The van der Waals surface area contributed by atoms with Gasteiger partial charge in [-0.05, 0) is 74.4 Å². The average molecular weight is 427 g/mol. The Kier molecular flexibility index (Phi) is 8.70. The highest BCUT2D eigenvalue weighted by molar-refractivity contribution is 8.16. The van der Waals surface area contributed by atoms with Crippen molar-refractivity contribution in [3.05, 3.63) is 59.7 Å². The molecule has 0 saturated heterocycles. The molecule has 3 rings (SSSR count). The summed E-state index contributed by atoms with van der Waals surface area (Å²) in [7, 11) is 1.71. The topological polar surface area (TPSA) is 18.5 Å². The Labute approximate surface area is 184 Å². The highest BCUT2D eigenvalue weighted by Gasteiger charge is 2.21. The average Bonchev–Trinajstić information content (AvgIpc) is 3.28. The van der Waals surface area contributed by atoms with Gasteiger partial charge in [-0.25, -0.2) is 0 Å². The van der Waals surface area contributed by atoms with Gasteiger partial charge < -0.3 is 9.47 Å². The lowest BCUT2D eigenvalue weighted by Crippen LogP contribution is -2.12. The highest BCUT2D eigenvalue weighted by atomic mass is 32.2. The van der Waals surface area contributed by atoms with E-state index in [1.54, 1.807) is 7.11 Å². The second-order valence-electron chi connectivity index (χ2n) is 7.26. The van der Waals surface area contributed by atoms with Crippen molar-refractivity contribution in [1.29, 1.82) is 0 Å². The number of hydrogen-bond donors (Lipinski definition) is 0. The van der Waals surface area contributed by atoms with E-state index in [4.69, 9.17) is 9.47 Å². The fraction of sp³-hybridized carbons (Fsp3) is 0.440. The molecule has 1 aliphatic carbocycles. The van der Waals surface area contributed by atoms with Crippen molar-refractivity contribution in [1.82, 2.24) is 0 Å². The van der Waals surface area contributed by atoms with Crippen LogP contribution in [0.2, 0.25) is 0 Å². The standard InChI is InChI=1S/C25H30O2S2/c1-26-23-16-15-20(17-24(23)27-22-11-7-8-12-22)21(18-25(28-2)29-3)14-13-19-9-5-4-6-10-19/h4-6,9-10,15-17,21-22,25H,7-8,11-12,18H2,1-3H3. The quantitative estimate of drug-likeness (QED) is 0.350. The molecule has 0 heterocycles. The summed E-state index contributed by atoms with van der Waals surface area (Å²) < 4.78 is 12.4. The van der Waals surface area contributed by atoms with E-state index in [0.717, 1.165) is 36.3 Å². The zero-order valence-electron chi connectivity index (χ0n) is 17.5. The Bertz CT molecular complexity index is 816. The van der Waals surface area contributed by atoms with Crippen molar-refractivity contribution in [3.8, 4) is 23.3 Å². The Hall–Kier alpha value is -1.70. The van der Waals surface area contributed by atoms with Crippen LogP contribution in [0.1, 0.15) is 49.1 Å². The third-order valence-corrected chi connectivity index (χ3v) is 7.90. The molecule has 0 spiro atoms. The van der Waals surface area contributed by atoms with Crippen molar-refractivity contribution in [2.75, 3.05) is 19.6 Å². The van der Waals surface area contributed by atoms with Crippen molar-refractivity contribution in [2.45, 2.75) is 48.7 Å². The fourth-order valence-corrected chi connectivity index (χ4v) is 5.18. The molecular weight excluding hydrogens is 396 g/mol. The van der Waals surface area contributed by atoms with E-state index in [-0.39, 0.29) is 5.92 Å². The van der Waals surface area contributed by atoms with Gasteiger partial charge in [-0.15, -0.1) is 0 Å². The van der Waals surface area contributed by atoms with Gasteiger partial charge in [-0.2, -0.15) is 23.5 Å². The maximum absolute atomic E-state index is 6.32.